The number of allylic oxidation sites excluding steroid dienone is 2. The maximum absolute atomic E-state index is 5.10. The maximum Gasteiger partial charge on any atom is 0.118 e. The average Bonchev–Trinajstić information content (AvgIpc) is 2.26. The molecule has 0 fully saturated rings. The van der Waals surface area contributed by atoms with E-state index in [1.807, 2.05) is 12.1 Å². The first-order chi connectivity index (χ1) is 6.76. The van der Waals surface area contributed by atoms with Crippen molar-refractivity contribution in [3.63, 3.8) is 0 Å². The quantitative estimate of drug-likeness (QED) is 0.659. The highest BCUT2D eigenvalue weighted by molar-refractivity contribution is 5.27. The van der Waals surface area contributed by atoms with Gasteiger partial charge in [-0.3, -0.25) is 0 Å². The SMILES string of the molecule is C/C=C(/C)CCc1ccc(OC)cc1. The zero-order chi connectivity index (χ0) is 10.4. The van der Waals surface area contributed by atoms with Crippen LogP contribution in [-0.2, 0) is 6.42 Å². The third-order valence-electron chi connectivity index (χ3n) is 2.46. The van der Waals surface area contributed by atoms with Crippen LogP contribution in [-0.4, -0.2) is 7.11 Å². The molecule has 0 heterocycles. The third-order valence-corrected chi connectivity index (χ3v) is 2.46. The van der Waals surface area contributed by atoms with E-state index in [9.17, 15) is 0 Å². The molecule has 0 amide bonds. The molecule has 1 rings (SSSR count). The predicted octanol–water partition coefficient (Wildman–Crippen LogP) is 3.59. The number of rotatable bonds is 4. The van der Waals surface area contributed by atoms with E-state index in [4.69, 9.17) is 4.74 Å². The van der Waals surface area contributed by atoms with Crippen LogP contribution in [0.3, 0.4) is 0 Å². The van der Waals surface area contributed by atoms with E-state index >= 15 is 0 Å². The molecule has 0 aliphatic rings. The molecule has 0 atom stereocenters. The second-order valence-electron chi connectivity index (χ2n) is 3.48. The lowest BCUT2D eigenvalue weighted by atomic mass is 10.1. The number of hydrogen-bond donors (Lipinski definition) is 0. The van der Waals surface area contributed by atoms with Crippen molar-refractivity contribution < 1.29 is 4.74 Å². The second kappa shape index (κ2) is 5.48. The monoisotopic (exact) mass is 190 g/mol. The predicted molar refractivity (Wildman–Crippen MR) is 60.7 cm³/mol. The summed E-state index contributed by atoms with van der Waals surface area (Å²) >= 11 is 0. The fourth-order valence-corrected chi connectivity index (χ4v) is 1.28. The van der Waals surface area contributed by atoms with Gasteiger partial charge in [0.2, 0.25) is 0 Å². The molecular formula is C13H18O. The van der Waals surface area contributed by atoms with Crippen LogP contribution >= 0.6 is 0 Å². The van der Waals surface area contributed by atoms with E-state index in [1.165, 1.54) is 11.1 Å². The first kappa shape index (κ1) is 10.8. The molecule has 0 saturated heterocycles. The highest BCUT2D eigenvalue weighted by Crippen LogP contribution is 2.14. The largest absolute Gasteiger partial charge is 0.497 e. The second-order valence-corrected chi connectivity index (χ2v) is 3.48. The van der Waals surface area contributed by atoms with Gasteiger partial charge < -0.3 is 4.74 Å². The Morgan fingerprint density at radius 1 is 1.29 bits per heavy atom. The van der Waals surface area contributed by atoms with Crippen LogP contribution in [0, 0.1) is 0 Å². The minimum Gasteiger partial charge on any atom is -0.497 e. The Bertz CT molecular complexity index is 296. The number of methoxy groups -OCH3 is 1. The lowest BCUT2D eigenvalue weighted by molar-refractivity contribution is 0.414. The van der Waals surface area contributed by atoms with Crippen molar-refractivity contribution in [1.82, 2.24) is 0 Å². The number of aryl methyl sites for hydroxylation is 1. The number of ether oxygens (including phenoxy) is 1. The fourth-order valence-electron chi connectivity index (χ4n) is 1.28. The lowest BCUT2D eigenvalue weighted by Crippen LogP contribution is -1.87. The Hall–Kier alpha value is -1.24. The van der Waals surface area contributed by atoms with Crippen LogP contribution < -0.4 is 4.74 Å². The van der Waals surface area contributed by atoms with Gasteiger partial charge >= 0.3 is 0 Å². The third kappa shape index (κ3) is 3.25. The molecule has 0 unspecified atom stereocenters. The summed E-state index contributed by atoms with van der Waals surface area (Å²) in [6.07, 6.45) is 4.42. The van der Waals surface area contributed by atoms with Crippen LogP contribution in [0.15, 0.2) is 35.9 Å². The molecular weight excluding hydrogens is 172 g/mol. The molecule has 0 N–H and O–H groups in total. The van der Waals surface area contributed by atoms with Gasteiger partial charge in [0, 0.05) is 0 Å². The van der Waals surface area contributed by atoms with Gasteiger partial charge in [-0.05, 0) is 44.4 Å². The van der Waals surface area contributed by atoms with E-state index in [1.54, 1.807) is 7.11 Å². The molecule has 0 aliphatic carbocycles. The molecule has 1 aromatic rings. The fraction of sp³-hybridized carbons (Fsp3) is 0.385. The molecule has 0 radical (unpaired) electrons. The van der Waals surface area contributed by atoms with E-state index in [0.717, 1.165) is 18.6 Å². The van der Waals surface area contributed by atoms with Crippen LogP contribution in [0.4, 0.5) is 0 Å². The van der Waals surface area contributed by atoms with E-state index in [0.29, 0.717) is 0 Å². The highest BCUT2D eigenvalue weighted by atomic mass is 16.5. The van der Waals surface area contributed by atoms with E-state index in [2.05, 4.69) is 32.1 Å². The topological polar surface area (TPSA) is 9.23 Å². The number of benzene rings is 1. The van der Waals surface area contributed by atoms with Crippen molar-refractivity contribution in [3.8, 4) is 5.75 Å². The van der Waals surface area contributed by atoms with Crippen LogP contribution in [0.5, 0.6) is 5.75 Å². The molecule has 1 heteroatoms. The number of hydrogen-bond acceptors (Lipinski definition) is 1. The van der Waals surface area contributed by atoms with Crippen molar-refractivity contribution in [2.45, 2.75) is 26.7 Å². The summed E-state index contributed by atoms with van der Waals surface area (Å²) in [7, 11) is 1.69. The van der Waals surface area contributed by atoms with Crippen molar-refractivity contribution in [2.75, 3.05) is 7.11 Å². The average molecular weight is 190 g/mol. The van der Waals surface area contributed by atoms with Crippen molar-refractivity contribution >= 4 is 0 Å². The van der Waals surface area contributed by atoms with Gasteiger partial charge in [0.1, 0.15) is 5.75 Å². The van der Waals surface area contributed by atoms with Gasteiger partial charge in [0.05, 0.1) is 7.11 Å². The highest BCUT2D eigenvalue weighted by Gasteiger charge is 1.95. The minimum atomic E-state index is 0.927. The Morgan fingerprint density at radius 2 is 1.93 bits per heavy atom. The molecule has 0 aliphatic heterocycles. The summed E-state index contributed by atoms with van der Waals surface area (Å²) in [5, 5.41) is 0. The summed E-state index contributed by atoms with van der Waals surface area (Å²) < 4.78 is 5.10. The zero-order valence-electron chi connectivity index (χ0n) is 9.21. The van der Waals surface area contributed by atoms with Crippen LogP contribution in [0.2, 0.25) is 0 Å². The first-order valence-corrected chi connectivity index (χ1v) is 5.01. The zero-order valence-corrected chi connectivity index (χ0v) is 9.21. The van der Waals surface area contributed by atoms with E-state index < -0.39 is 0 Å². The Morgan fingerprint density at radius 3 is 2.43 bits per heavy atom. The summed E-state index contributed by atoms with van der Waals surface area (Å²) in [4.78, 5) is 0. The first-order valence-electron chi connectivity index (χ1n) is 5.01. The molecule has 14 heavy (non-hydrogen) atoms. The molecule has 0 spiro atoms. The summed E-state index contributed by atoms with van der Waals surface area (Å²) in [6.45, 7) is 4.26. The lowest BCUT2D eigenvalue weighted by Gasteiger charge is -2.03. The minimum absolute atomic E-state index is 0.927. The van der Waals surface area contributed by atoms with Gasteiger partial charge in [0.25, 0.3) is 0 Å². The molecule has 0 bridgehead atoms. The van der Waals surface area contributed by atoms with Crippen LogP contribution in [0.25, 0.3) is 0 Å². The van der Waals surface area contributed by atoms with Crippen molar-refractivity contribution in [3.05, 3.63) is 41.5 Å². The normalized spacial score (nSPS) is 11.5. The summed E-state index contributed by atoms with van der Waals surface area (Å²) in [5.41, 5.74) is 2.81. The smallest absolute Gasteiger partial charge is 0.118 e. The molecule has 0 aromatic heterocycles. The van der Waals surface area contributed by atoms with Crippen molar-refractivity contribution in [2.24, 2.45) is 0 Å². The standard InChI is InChI=1S/C13H18O/c1-4-11(2)5-6-12-7-9-13(14-3)10-8-12/h4,7-10H,5-6H2,1-3H3/b11-4-. The van der Waals surface area contributed by atoms with Crippen LogP contribution in [0.1, 0.15) is 25.8 Å². The van der Waals surface area contributed by atoms with Gasteiger partial charge in [0.15, 0.2) is 0 Å². The van der Waals surface area contributed by atoms with Gasteiger partial charge in [-0.2, -0.15) is 0 Å². The molecule has 1 nitrogen and oxygen atoms in total. The van der Waals surface area contributed by atoms with Crippen molar-refractivity contribution in [1.29, 1.82) is 0 Å². The summed E-state index contributed by atoms with van der Waals surface area (Å²) in [5.74, 6) is 0.927. The van der Waals surface area contributed by atoms with Gasteiger partial charge in [-0.25, -0.2) is 0 Å². The Kier molecular flexibility index (Phi) is 4.24. The van der Waals surface area contributed by atoms with Gasteiger partial charge in [-0.15, -0.1) is 0 Å². The molecule has 76 valence electrons. The Balaban J connectivity index is 2.52. The van der Waals surface area contributed by atoms with E-state index in [-0.39, 0.29) is 0 Å². The summed E-state index contributed by atoms with van der Waals surface area (Å²) in [6, 6.07) is 8.28. The Labute approximate surface area is 86.4 Å². The maximum atomic E-state index is 5.10. The molecule has 0 saturated carbocycles. The molecule has 1 aromatic carbocycles. The van der Waals surface area contributed by atoms with Gasteiger partial charge in [-0.1, -0.05) is 23.8 Å².